The molecule has 7 heterocycles. The van der Waals surface area contributed by atoms with E-state index in [0.29, 0.717) is 28.3 Å². The van der Waals surface area contributed by atoms with E-state index in [1.807, 2.05) is 42.5 Å². The maximum Gasteiger partial charge on any atom is 0.335 e. The molecule has 2 amide bonds. The largest absolute Gasteiger partial charge is 0.478 e. The molecule has 2 aliphatic heterocycles. The monoisotopic (exact) mass is 996 g/mol. The van der Waals surface area contributed by atoms with Crippen molar-refractivity contribution < 1.29 is 19.5 Å². The molecular formula is C64H52N8O4. The van der Waals surface area contributed by atoms with Crippen molar-refractivity contribution in [3.8, 4) is 55.9 Å². The SMILES string of the molecule is CC(=O)Nc1ccnc(-c2cc(NC(=O)c3ccc(-c4c5nc(c(-c6c(C)cc(C)cc6C)c6ccc([nH]6)c(-c6ccc(C(=O)O)cc6)c6nc(c(-c7c(C)cc(C)cc7C)c7ccc4[nH]7)C=C6)C=C5)cc3)ccn2)c1. The Hall–Kier alpha value is -9.81. The van der Waals surface area contributed by atoms with Crippen molar-refractivity contribution in [1.82, 2.24) is 29.9 Å². The molecule has 0 aliphatic carbocycles. The van der Waals surface area contributed by atoms with Crippen molar-refractivity contribution in [2.75, 3.05) is 10.6 Å². The maximum atomic E-state index is 14.0. The Morgan fingerprint density at radius 3 is 1.20 bits per heavy atom. The lowest BCUT2D eigenvalue weighted by Crippen LogP contribution is -2.12. The minimum Gasteiger partial charge on any atom is -0.478 e. The number of nitrogens with zero attached hydrogens (tertiary/aromatic N) is 4. The smallest absolute Gasteiger partial charge is 0.335 e. The molecular weight excluding hydrogens is 945 g/mol. The highest BCUT2D eigenvalue weighted by Crippen LogP contribution is 2.41. The van der Waals surface area contributed by atoms with Gasteiger partial charge in [-0.25, -0.2) is 14.8 Å². The van der Waals surface area contributed by atoms with Crippen LogP contribution in [0, 0.1) is 41.5 Å². The molecule has 0 saturated heterocycles. The molecule has 11 rings (SSSR count). The third-order valence-electron chi connectivity index (χ3n) is 13.8. The fourth-order valence-corrected chi connectivity index (χ4v) is 10.8. The zero-order valence-electron chi connectivity index (χ0n) is 43.0. The topological polar surface area (TPSA) is 179 Å². The number of carboxylic acids is 1. The van der Waals surface area contributed by atoms with Crippen molar-refractivity contribution in [1.29, 1.82) is 0 Å². The molecule has 2 aliphatic rings. The summed E-state index contributed by atoms with van der Waals surface area (Å²) in [5.41, 5.74) is 23.1. The normalized spacial score (nSPS) is 11.7. The first kappa shape index (κ1) is 48.5. The summed E-state index contributed by atoms with van der Waals surface area (Å²) < 4.78 is 0. The number of hydrogen-bond acceptors (Lipinski definition) is 7. The van der Waals surface area contributed by atoms with Crippen molar-refractivity contribution in [3.05, 3.63) is 201 Å². The van der Waals surface area contributed by atoms with Crippen molar-refractivity contribution in [2.45, 2.75) is 48.5 Å². The molecule has 372 valence electrons. The predicted molar refractivity (Wildman–Crippen MR) is 306 cm³/mol. The van der Waals surface area contributed by atoms with Crippen LogP contribution < -0.4 is 10.6 Å². The minimum absolute atomic E-state index is 0.194. The number of aromatic carboxylic acids is 1. The maximum absolute atomic E-state index is 14.0. The Morgan fingerprint density at radius 1 is 0.434 bits per heavy atom. The van der Waals surface area contributed by atoms with Crippen LogP contribution in [0.3, 0.4) is 0 Å². The number of fused-ring (bicyclic) bond motifs is 8. The fourth-order valence-electron chi connectivity index (χ4n) is 10.8. The molecule has 0 radical (unpaired) electrons. The zero-order valence-corrected chi connectivity index (χ0v) is 43.0. The Kier molecular flexibility index (Phi) is 12.5. The number of anilines is 2. The van der Waals surface area contributed by atoms with Crippen LogP contribution in [0.25, 0.3) is 102 Å². The lowest BCUT2D eigenvalue weighted by molar-refractivity contribution is -0.114. The summed E-state index contributed by atoms with van der Waals surface area (Å²) >= 11 is 0. The summed E-state index contributed by atoms with van der Waals surface area (Å²) in [6, 6.07) is 38.5. The van der Waals surface area contributed by atoms with Gasteiger partial charge in [-0.3, -0.25) is 19.6 Å². The third-order valence-corrected chi connectivity index (χ3v) is 13.8. The van der Waals surface area contributed by atoms with E-state index in [-0.39, 0.29) is 17.4 Å². The predicted octanol–water partition coefficient (Wildman–Crippen LogP) is 14.5. The van der Waals surface area contributed by atoms with Gasteiger partial charge in [-0.05, 0) is 183 Å². The molecule has 9 aromatic rings. The van der Waals surface area contributed by atoms with Gasteiger partial charge in [0.15, 0.2) is 0 Å². The van der Waals surface area contributed by atoms with Crippen LogP contribution in [0.1, 0.15) is 83.8 Å². The number of hydrogen-bond donors (Lipinski definition) is 5. The van der Waals surface area contributed by atoms with Crippen LogP contribution >= 0.6 is 0 Å². The van der Waals surface area contributed by atoms with E-state index in [4.69, 9.17) is 9.97 Å². The summed E-state index contributed by atoms with van der Waals surface area (Å²) in [6.07, 6.45) is 11.4. The van der Waals surface area contributed by atoms with E-state index in [2.05, 4.69) is 139 Å². The van der Waals surface area contributed by atoms with Crippen LogP contribution in [0.5, 0.6) is 0 Å². The third kappa shape index (κ3) is 9.28. The highest BCUT2D eigenvalue weighted by atomic mass is 16.4. The van der Waals surface area contributed by atoms with Gasteiger partial charge < -0.3 is 25.7 Å². The minimum atomic E-state index is -0.997. The van der Waals surface area contributed by atoms with Gasteiger partial charge in [-0.15, -0.1) is 0 Å². The highest BCUT2D eigenvalue weighted by molar-refractivity contribution is 6.06. The van der Waals surface area contributed by atoms with Crippen molar-refractivity contribution >= 4 is 75.5 Å². The number of nitrogens with one attached hydrogen (secondary N) is 4. The lowest BCUT2D eigenvalue weighted by atomic mass is 9.92. The highest BCUT2D eigenvalue weighted by Gasteiger charge is 2.22. The molecule has 0 unspecified atom stereocenters. The van der Waals surface area contributed by atoms with Gasteiger partial charge >= 0.3 is 5.97 Å². The molecule has 4 aromatic carbocycles. The standard InChI is InChI=1S/C64H52N8O4/c1-34-28-36(3)57(37(4)29-34)61-51-20-16-47(69-51)59(41-8-12-43(13-9-41)63(74)68-46-25-27-66-56(33-46)55-32-45(24-26-65-55)67-40(7)73)48-17-21-52(70-48)62(58-38(5)30-35(2)31-39(58)6)54-23-19-50(72-54)60(49-18-22-53(61)71-49)42-10-14-44(15-11-42)64(75)76/h8-33,69,72H,1-7H3,(H,75,76)(H,65,67,73)(H,66,68,74). The van der Waals surface area contributed by atoms with Gasteiger partial charge in [0.05, 0.1) is 39.7 Å². The lowest BCUT2D eigenvalue weighted by Gasteiger charge is -2.13. The van der Waals surface area contributed by atoms with Gasteiger partial charge in [0.2, 0.25) is 5.91 Å². The van der Waals surface area contributed by atoms with E-state index in [9.17, 15) is 19.5 Å². The summed E-state index contributed by atoms with van der Waals surface area (Å²) in [5.74, 6) is -1.50. The first-order chi connectivity index (χ1) is 36.6. The van der Waals surface area contributed by atoms with Gasteiger partial charge in [-0.2, -0.15) is 0 Å². The number of pyridine rings is 2. The molecule has 12 heteroatoms. The Morgan fingerprint density at radius 2 is 0.803 bits per heavy atom. The van der Waals surface area contributed by atoms with E-state index in [1.54, 1.807) is 48.8 Å². The van der Waals surface area contributed by atoms with Crippen LogP contribution in [0.15, 0.2) is 134 Å². The van der Waals surface area contributed by atoms with Crippen LogP contribution in [0.4, 0.5) is 11.4 Å². The Balaban J connectivity index is 1.13. The number of carbonyl (C=O) groups is 3. The number of rotatable bonds is 9. The van der Waals surface area contributed by atoms with E-state index >= 15 is 0 Å². The second-order valence-electron chi connectivity index (χ2n) is 19.5. The molecule has 0 atom stereocenters. The molecule has 12 nitrogen and oxygen atoms in total. The van der Waals surface area contributed by atoms with Gasteiger partial charge in [-0.1, -0.05) is 59.7 Å². The van der Waals surface area contributed by atoms with Crippen LogP contribution in [0.2, 0.25) is 0 Å². The number of aryl methyl sites for hydroxylation is 6. The molecule has 0 spiro atoms. The number of carbonyl (C=O) groups excluding carboxylic acids is 2. The van der Waals surface area contributed by atoms with E-state index in [0.717, 1.165) is 123 Å². The Labute approximate surface area is 439 Å². The number of amides is 2. The number of benzene rings is 4. The Bertz CT molecular complexity index is 4040. The second kappa shape index (κ2) is 19.6. The summed E-state index contributed by atoms with van der Waals surface area (Å²) in [7, 11) is 0. The zero-order chi connectivity index (χ0) is 52.9. The summed E-state index contributed by atoms with van der Waals surface area (Å²) in [6.45, 7) is 14.2. The average Bonchev–Trinajstić information content (AvgIpc) is 4.26. The molecule has 76 heavy (non-hydrogen) atoms. The number of aromatic amines is 2. The summed E-state index contributed by atoms with van der Waals surface area (Å²) in [4.78, 5) is 65.3. The van der Waals surface area contributed by atoms with Gasteiger partial charge in [0, 0.05) is 80.6 Å². The fraction of sp³-hybridized carbons (Fsp3) is 0.109. The first-order valence-corrected chi connectivity index (χ1v) is 24.9. The average molecular weight is 997 g/mol. The van der Waals surface area contributed by atoms with Crippen LogP contribution in [-0.4, -0.2) is 52.8 Å². The van der Waals surface area contributed by atoms with Gasteiger partial charge in [0.1, 0.15) is 0 Å². The molecule has 0 saturated carbocycles. The van der Waals surface area contributed by atoms with Crippen molar-refractivity contribution in [2.24, 2.45) is 0 Å². The number of aromatic nitrogens is 6. The van der Waals surface area contributed by atoms with E-state index in [1.165, 1.54) is 6.92 Å². The molecule has 0 fully saturated rings. The molecule has 5 N–H and O–H groups in total. The van der Waals surface area contributed by atoms with Crippen LogP contribution in [-0.2, 0) is 4.79 Å². The molecule has 5 aromatic heterocycles. The van der Waals surface area contributed by atoms with E-state index < -0.39 is 5.97 Å². The second-order valence-corrected chi connectivity index (χ2v) is 19.5. The number of carboxylic acid groups (broad SMARTS) is 1. The van der Waals surface area contributed by atoms with Gasteiger partial charge in [0.25, 0.3) is 5.91 Å². The molecule has 8 bridgehead atoms. The first-order valence-electron chi connectivity index (χ1n) is 24.9. The number of H-pyrrole nitrogens is 2. The summed E-state index contributed by atoms with van der Waals surface area (Å²) in [5, 5.41) is 15.7. The quantitative estimate of drug-likeness (QED) is 0.0948. The van der Waals surface area contributed by atoms with Crippen molar-refractivity contribution in [3.63, 3.8) is 0 Å².